The molecule has 9 heteroatoms. The Bertz CT molecular complexity index is 1200. The Morgan fingerprint density at radius 2 is 1.84 bits per heavy atom. The van der Waals surface area contributed by atoms with Crippen molar-refractivity contribution in [2.75, 3.05) is 5.32 Å². The predicted molar refractivity (Wildman–Crippen MR) is 122 cm³/mol. The highest BCUT2D eigenvalue weighted by Gasteiger charge is 2.15. The summed E-state index contributed by atoms with van der Waals surface area (Å²) in [5.41, 5.74) is 1.96. The van der Waals surface area contributed by atoms with Crippen molar-refractivity contribution < 1.29 is 13.9 Å². The van der Waals surface area contributed by atoms with Gasteiger partial charge in [0.25, 0.3) is 5.91 Å². The number of nitrogens with zero attached hydrogens (tertiary/aromatic N) is 3. The van der Waals surface area contributed by atoms with Crippen LogP contribution in [-0.4, -0.2) is 20.7 Å². The summed E-state index contributed by atoms with van der Waals surface area (Å²) in [7, 11) is 0. The molecule has 2 aromatic heterocycles. The van der Waals surface area contributed by atoms with Gasteiger partial charge in [0.05, 0.1) is 6.54 Å². The number of furan rings is 1. The standard InChI is InChI=1S/C23H20Cl2N4O3/c1-2-15-6-8-16(9-7-15)31-13-17-10-11-21(32-17)22(30)27-23-26-14-29(28-23)12-18-19(24)4-3-5-20(18)25/h3-11,14H,2,12-13H2,1H3,(H,27,28,30). The molecule has 32 heavy (non-hydrogen) atoms. The summed E-state index contributed by atoms with van der Waals surface area (Å²) < 4.78 is 12.8. The zero-order chi connectivity index (χ0) is 22.5. The van der Waals surface area contributed by atoms with E-state index in [-0.39, 0.29) is 18.3 Å². The van der Waals surface area contributed by atoms with Crippen molar-refractivity contribution in [1.29, 1.82) is 0 Å². The van der Waals surface area contributed by atoms with Crippen LogP contribution in [0.15, 0.2) is 65.3 Å². The first-order chi connectivity index (χ1) is 15.5. The molecule has 2 heterocycles. The van der Waals surface area contributed by atoms with Crippen LogP contribution in [0.1, 0.15) is 34.4 Å². The number of halogens is 2. The monoisotopic (exact) mass is 470 g/mol. The number of aryl methyl sites for hydroxylation is 1. The Labute approximate surface area is 194 Å². The van der Waals surface area contributed by atoms with Gasteiger partial charge in [0.15, 0.2) is 5.76 Å². The third-order valence-electron chi connectivity index (χ3n) is 4.74. The molecule has 0 aliphatic rings. The predicted octanol–water partition coefficient (Wildman–Crippen LogP) is 5.62. The Morgan fingerprint density at radius 1 is 1.09 bits per heavy atom. The molecule has 0 bridgehead atoms. The fourth-order valence-electron chi connectivity index (χ4n) is 2.99. The maximum Gasteiger partial charge on any atom is 0.293 e. The SMILES string of the molecule is CCc1ccc(OCc2ccc(C(=O)Nc3ncn(Cc4c(Cl)cccc4Cl)n3)o2)cc1. The Hall–Kier alpha value is -3.29. The number of carbonyl (C=O) groups excluding carboxylic acids is 1. The lowest BCUT2D eigenvalue weighted by atomic mass is 10.2. The minimum atomic E-state index is -0.461. The molecule has 4 rings (SSSR count). The quantitative estimate of drug-likeness (QED) is 0.361. The van der Waals surface area contributed by atoms with E-state index in [9.17, 15) is 4.79 Å². The van der Waals surface area contributed by atoms with Gasteiger partial charge in [0.2, 0.25) is 5.95 Å². The van der Waals surface area contributed by atoms with Gasteiger partial charge < -0.3 is 9.15 Å². The van der Waals surface area contributed by atoms with Gasteiger partial charge in [-0.15, -0.1) is 5.10 Å². The van der Waals surface area contributed by atoms with E-state index >= 15 is 0 Å². The van der Waals surface area contributed by atoms with Crippen LogP contribution in [0.5, 0.6) is 5.75 Å². The van der Waals surface area contributed by atoms with Gasteiger partial charge in [-0.2, -0.15) is 0 Å². The minimum absolute atomic E-state index is 0.135. The van der Waals surface area contributed by atoms with E-state index in [4.69, 9.17) is 32.4 Å². The van der Waals surface area contributed by atoms with Crippen LogP contribution in [0.4, 0.5) is 5.95 Å². The number of rotatable bonds is 8. The molecule has 7 nitrogen and oxygen atoms in total. The molecular formula is C23H20Cl2N4O3. The highest BCUT2D eigenvalue weighted by molar-refractivity contribution is 6.35. The van der Waals surface area contributed by atoms with Crippen LogP contribution in [0, 0.1) is 0 Å². The Balaban J connectivity index is 1.34. The highest BCUT2D eigenvalue weighted by Crippen LogP contribution is 2.25. The number of nitrogens with one attached hydrogen (secondary N) is 1. The number of amides is 1. The maximum absolute atomic E-state index is 12.5. The minimum Gasteiger partial charge on any atom is -0.486 e. The van der Waals surface area contributed by atoms with E-state index in [1.165, 1.54) is 16.6 Å². The summed E-state index contributed by atoms with van der Waals surface area (Å²) in [4.78, 5) is 16.6. The van der Waals surface area contributed by atoms with Crippen molar-refractivity contribution in [3.63, 3.8) is 0 Å². The van der Waals surface area contributed by atoms with E-state index in [0.29, 0.717) is 22.4 Å². The molecule has 0 radical (unpaired) electrons. The van der Waals surface area contributed by atoms with Gasteiger partial charge in [0.1, 0.15) is 24.4 Å². The molecule has 0 fully saturated rings. The number of benzene rings is 2. The van der Waals surface area contributed by atoms with Gasteiger partial charge in [-0.1, -0.05) is 48.3 Å². The number of hydrogen-bond donors (Lipinski definition) is 1. The number of anilines is 1. The van der Waals surface area contributed by atoms with Gasteiger partial charge in [-0.25, -0.2) is 9.67 Å². The van der Waals surface area contributed by atoms with Gasteiger partial charge in [-0.3, -0.25) is 10.1 Å². The molecule has 0 spiro atoms. The number of hydrogen-bond acceptors (Lipinski definition) is 5. The normalized spacial score (nSPS) is 10.8. The van der Waals surface area contributed by atoms with Crippen LogP contribution in [0.25, 0.3) is 0 Å². The third kappa shape index (κ3) is 5.30. The molecule has 4 aromatic rings. The smallest absolute Gasteiger partial charge is 0.293 e. The van der Waals surface area contributed by atoms with Gasteiger partial charge in [-0.05, 0) is 48.4 Å². The first-order valence-corrected chi connectivity index (χ1v) is 10.7. The van der Waals surface area contributed by atoms with Crippen molar-refractivity contribution in [2.24, 2.45) is 0 Å². The van der Waals surface area contributed by atoms with Crippen molar-refractivity contribution in [1.82, 2.24) is 14.8 Å². The Kier molecular flexibility index (Phi) is 6.78. The first-order valence-electron chi connectivity index (χ1n) is 9.96. The van der Waals surface area contributed by atoms with E-state index in [1.807, 2.05) is 24.3 Å². The average Bonchev–Trinajstić information content (AvgIpc) is 3.45. The lowest BCUT2D eigenvalue weighted by Crippen LogP contribution is -2.12. The number of aromatic nitrogens is 3. The van der Waals surface area contributed by atoms with E-state index < -0.39 is 5.91 Å². The average molecular weight is 471 g/mol. The fourth-order valence-corrected chi connectivity index (χ4v) is 3.51. The molecule has 2 aromatic carbocycles. The summed E-state index contributed by atoms with van der Waals surface area (Å²) >= 11 is 12.4. The first kappa shape index (κ1) is 21.9. The molecule has 164 valence electrons. The summed E-state index contributed by atoms with van der Waals surface area (Å²) in [6, 6.07) is 16.4. The van der Waals surface area contributed by atoms with Gasteiger partial charge in [0, 0.05) is 15.6 Å². The molecule has 0 unspecified atom stereocenters. The fraction of sp³-hybridized carbons (Fsp3) is 0.174. The largest absolute Gasteiger partial charge is 0.486 e. The maximum atomic E-state index is 12.5. The Morgan fingerprint density at radius 3 is 2.56 bits per heavy atom. The second-order valence-electron chi connectivity index (χ2n) is 6.97. The summed E-state index contributed by atoms with van der Waals surface area (Å²) in [5.74, 6) is 1.08. The number of ether oxygens (including phenoxy) is 1. The second-order valence-corrected chi connectivity index (χ2v) is 7.79. The van der Waals surface area contributed by atoms with Crippen LogP contribution in [0.3, 0.4) is 0 Å². The van der Waals surface area contributed by atoms with Crippen LogP contribution in [0.2, 0.25) is 10.0 Å². The molecule has 0 aliphatic carbocycles. The molecule has 0 saturated carbocycles. The van der Waals surface area contributed by atoms with E-state index in [1.54, 1.807) is 30.3 Å². The molecule has 1 amide bonds. The van der Waals surface area contributed by atoms with Gasteiger partial charge >= 0.3 is 0 Å². The molecular weight excluding hydrogens is 451 g/mol. The zero-order valence-corrected chi connectivity index (χ0v) is 18.7. The number of carbonyl (C=O) groups is 1. The third-order valence-corrected chi connectivity index (χ3v) is 5.45. The molecule has 0 saturated heterocycles. The topological polar surface area (TPSA) is 82.2 Å². The van der Waals surface area contributed by atoms with Crippen molar-refractivity contribution in [2.45, 2.75) is 26.5 Å². The van der Waals surface area contributed by atoms with Crippen LogP contribution >= 0.6 is 23.2 Å². The molecule has 0 aliphatic heterocycles. The second kappa shape index (κ2) is 9.89. The van der Waals surface area contributed by atoms with Crippen LogP contribution in [-0.2, 0) is 19.6 Å². The summed E-state index contributed by atoms with van der Waals surface area (Å²) in [5, 5.41) is 7.92. The van der Waals surface area contributed by atoms with Crippen LogP contribution < -0.4 is 10.1 Å². The van der Waals surface area contributed by atoms with Crippen molar-refractivity contribution >= 4 is 35.1 Å². The zero-order valence-electron chi connectivity index (χ0n) is 17.2. The molecule has 1 N–H and O–H groups in total. The van der Waals surface area contributed by atoms with E-state index in [2.05, 4.69) is 22.3 Å². The summed E-state index contributed by atoms with van der Waals surface area (Å²) in [6.45, 7) is 2.63. The lowest BCUT2D eigenvalue weighted by molar-refractivity contribution is 0.0991. The van der Waals surface area contributed by atoms with E-state index in [0.717, 1.165) is 17.7 Å². The van der Waals surface area contributed by atoms with Crippen molar-refractivity contribution in [3.8, 4) is 5.75 Å². The highest BCUT2D eigenvalue weighted by atomic mass is 35.5. The van der Waals surface area contributed by atoms with Crippen molar-refractivity contribution in [3.05, 3.63) is 93.6 Å². The molecule has 0 atom stereocenters. The summed E-state index contributed by atoms with van der Waals surface area (Å²) in [6.07, 6.45) is 2.46. The lowest BCUT2D eigenvalue weighted by Gasteiger charge is -2.06.